The van der Waals surface area contributed by atoms with Crippen LogP contribution < -0.4 is 10.6 Å². The number of rotatable bonds is 6. The van der Waals surface area contributed by atoms with Crippen LogP contribution in [-0.4, -0.2) is 36.9 Å². The van der Waals surface area contributed by atoms with Crippen LogP contribution in [0, 0.1) is 0 Å². The molecule has 1 atom stereocenters. The summed E-state index contributed by atoms with van der Waals surface area (Å²) in [4.78, 5) is 0. The van der Waals surface area contributed by atoms with Crippen molar-refractivity contribution in [1.82, 2.24) is 10.6 Å². The van der Waals surface area contributed by atoms with E-state index in [9.17, 15) is 0 Å². The molecule has 0 heterocycles. The zero-order valence-corrected chi connectivity index (χ0v) is 7.72. The molecule has 0 aromatic heterocycles. The second-order valence-electron chi connectivity index (χ2n) is 3.15. The van der Waals surface area contributed by atoms with E-state index in [0.717, 1.165) is 13.1 Å². The van der Waals surface area contributed by atoms with Crippen LogP contribution in [0.4, 0.5) is 0 Å². The lowest BCUT2D eigenvalue weighted by molar-refractivity contribution is 0.251. The van der Waals surface area contributed by atoms with E-state index in [1.807, 2.05) is 6.92 Å². The summed E-state index contributed by atoms with van der Waals surface area (Å²) in [6.07, 6.45) is 0. The third kappa shape index (κ3) is 7.78. The standard InChI is InChI=1S/C8H20N2O/c1-7(2)9-4-5-10-8(3)6-11/h7-11H,4-6H2,1-3H3/t8-/m1/s1. The van der Waals surface area contributed by atoms with E-state index in [-0.39, 0.29) is 12.6 Å². The Morgan fingerprint density at radius 3 is 2.09 bits per heavy atom. The quantitative estimate of drug-likeness (QED) is 0.478. The summed E-state index contributed by atoms with van der Waals surface area (Å²) in [5.74, 6) is 0. The zero-order chi connectivity index (χ0) is 8.69. The summed E-state index contributed by atoms with van der Waals surface area (Å²) in [6.45, 7) is 8.30. The third-order valence-corrected chi connectivity index (χ3v) is 1.44. The van der Waals surface area contributed by atoms with E-state index >= 15 is 0 Å². The van der Waals surface area contributed by atoms with Crippen LogP contribution >= 0.6 is 0 Å². The lowest BCUT2D eigenvalue weighted by Gasteiger charge is -2.12. The Kier molecular flexibility index (Phi) is 6.51. The molecule has 0 aliphatic rings. The van der Waals surface area contributed by atoms with Gasteiger partial charge in [0.15, 0.2) is 0 Å². The first kappa shape index (κ1) is 10.9. The Labute approximate surface area is 69.2 Å². The monoisotopic (exact) mass is 160 g/mol. The lowest BCUT2D eigenvalue weighted by Crippen LogP contribution is -2.37. The predicted molar refractivity (Wildman–Crippen MR) is 47.7 cm³/mol. The molecular weight excluding hydrogens is 140 g/mol. The molecule has 0 saturated heterocycles. The Morgan fingerprint density at radius 1 is 1.09 bits per heavy atom. The van der Waals surface area contributed by atoms with Crippen LogP contribution in [0.15, 0.2) is 0 Å². The summed E-state index contributed by atoms with van der Waals surface area (Å²) >= 11 is 0. The van der Waals surface area contributed by atoms with E-state index in [0.29, 0.717) is 6.04 Å². The highest BCUT2D eigenvalue weighted by Crippen LogP contribution is 1.77. The fourth-order valence-electron chi connectivity index (χ4n) is 0.744. The van der Waals surface area contributed by atoms with Gasteiger partial charge in [0.1, 0.15) is 0 Å². The highest BCUT2D eigenvalue weighted by atomic mass is 16.3. The average Bonchev–Trinajstić information content (AvgIpc) is 1.97. The van der Waals surface area contributed by atoms with Gasteiger partial charge in [-0.25, -0.2) is 0 Å². The average molecular weight is 160 g/mol. The van der Waals surface area contributed by atoms with Gasteiger partial charge >= 0.3 is 0 Å². The van der Waals surface area contributed by atoms with Crippen LogP contribution in [0.2, 0.25) is 0 Å². The smallest absolute Gasteiger partial charge is 0.0581 e. The van der Waals surface area contributed by atoms with Crippen molar-refractivity contribution in [1.29, 1.82) is 0 Å². The summed E-state index contributed by atoms with van der Waals surface area (Å²) in [5, 5.41) is 15.1. The first-order valence-corrected chi connectivity index (χ1v) is 4.24. The Hall–Kier alpha value is -0.120. The molecule has 0 aromatic rings. The topological polar surface area (TPSA) is 44.3 Å². The highest BCUT2D eigenvalue weighted by molar-refractivity contribution is 4.60. The van der Waals surface area contributed by atoms with E-state index < -0.39 is 0 Å². The van der Waals surface area contributed by atoms with Crippen LogP contribution in [0.3, 0.4) is 0 Å². The van der Waals surface area contributed by atoms with Crippen molar-refractivity contribution in [2.75, 3.05) is 19.7 Å². The van der Waals surface area contributed by atoms with Crippen molar-refractivity contribution < 1.29 is 5.11 Å². The molecule has 0 amide bonds. The number of aliphatic hydroxyl groups excluding tert-OH is 1. The molecule has 0 aromatic carbocycles. The molecule has 0 radical (unpaired) electrons. The minimum Gasteiger partial charge on any atom is -0.395 e. The fourth-order valence-corrected chi connectivity index (χ4v) is 0.744. The van der Waals surface area contributed by atoms with Gasteiger partial charge in [0.2, 0.25) is 0 Å². The first-order chi connectivity index (χ1) is 5.16. The second kappa shape index (κ2) is 6.58. The van der Waals surface area contributed by atoms with Crippen molar-refractivity contribution in [3.05, 3.63) is 0 Å². The lowest BCUT2D eigenvalue weighted by atomic mass is 10.3. The molecular formula is C8H20N2O. The number of nitrogens with one attached hydrogen (secondary N) is 2. The summed E-state index contributed by atoms with van der Waals surface area (Å²) in [6, 6.07) is 0.755. The van der Waals surface area contributed by atoms with E-state index in [1.165, 1.54) is 0 Å². The number of hydrogen-bond acceptors (Lipinski definition) is 3. The number of aliphatic hydroxyl groups is 1. The fraction of sp³-hybridized carbons (Fsp3) is 1.00. The largest absolute Gasteiger partial charge is 0.395 e. The maximum Gasteiger partial charge on any atom is 0.0581 e. The molecule has 0 saturated carbocycles. The highest BCUT2D eigenvalue weighted by Gasteiger charge is 1.96. The van der Waals surface area contributed by atoms with Gasteiger partial charge in [0, 0.05) is 25.2 Å². The van der Waals surface area contributed by atoms with Crippen LogP contribution in [0.5, 0.6) is 0 Å². The third-order valence-electron chi connectivity index (χ3n) is 1.44. The molecule has 3 N–H and O–H groups in total. The van der Waals surface area contributed by atoms with Crippen LogP contribution in [0.25, 0.3) is 0 Å². The SMILES string of the molecule is CC(C)NCCN[C@H](C)CO. The van der Waals surface area contributed by atoms with Crippen molar-refractivity contribution in [2.24, 2.45) is 0 Å². The molecule has 3 heteroatoms. The zero-order valence-electron chi connectivity index (χ0n) is 7.72. The molecule has 0 aliphatic heterocycles. The minimum atomic E-state index is 0.210. The molecule has 0 unspecified atom stereocenters. The maximum atomic E-state index is 8.66. The van der Waals surface area contributed by atoms with Gasteiger partial charge in [-0.05, 0) is 6.92 Å². The molecule has 0 fully saturated rings. The van der Waals surface area contributed by atoms with Gasteiger partial charge in [0.05, 0.1) is 6.61 Å². The second-order valence-corrected chi connectivity index (χ2v) is 3.15. The Bertz CT molecular complexity index is 86.2. The first-order valence-electron chi connectivity index (χ1n) is 4.24. The molecule has 0 aliphatic carbocycles. The molecule has 0 bridgehead atoms. The van der Waals surface area contributed by atoms with Crippen LogP contribution in [0.1, 0.15) is 20.8 Å². The maximum absolute atomic E-state index is 8.66. The number of hydrogen-bond donors (Lipinski definition) is 3. The normalized spacial score (nSPS) is 13.9. The minimum absolute atomic E-state index is 0.210. The molecule has 68 valence electrons. The van der Waals surface area contributed by atoms with Gasteiger partial charge in [-0.1, -0.05) is 13.8 Å². The van der Waals surface area contributed by atoms with Gasteiger partial charge < -0.3 is 15.7 Å². The van der Waals surface area contributed by atoms with Crippen molar-refractivity contribution in [2.45, 2.75) is 32.9 Å². The van der Waals surface area contributed by atoms with Gasteiger partial charge in [-0.15, -0.1) is 0 Å². The Balaban J connectivity index is 3.01. The molecule has 3 nitrogen and oxygen atoms in total. The van der Waals surface area contributed by atoms with Crippen LogP contribution in [-0.2, 0) is 0 Å². The molecule has 0 rings (SSSR count). The van der Waals surface area contributed by atoms with E-state index in [4.69, 9.17) is 5.11 Å². The summed E-state index contributed by atoms with van der Waals surface area (Å²) < 4.78 is 0. The van der Waals surface area contributed by atoms with Crippen molar-refractivity contribution in [3.8, 4) is 0 Å². The van der Waals surface area contributed by atoms with E-state index in [1.54, 1.807) is 0 Å². The summed E-state index contributed by atoms with van der Waals surface area (Å²) in [5.41, 5.74) is 0. The van der Waals surface area contributed by atoms with Crippen molar-refractivity contribution >= 4 is 0 Å². The van der Waals surface area contributed by atoms with Gasteiger partial charge in [-0.2, -0.15) is 0 Å². The predicted octanol–water partition coefficient (Wildman–Crippen LogP) is -0.0452. The Morgan fingerprint density at radius 2 is 1.64 bits per heavy atom. The molecule has 0 spiro atoms. The van der Waals surface area contributed by atoms with Gasteiger partial charge in [-0.3, -0.25) is 0 Å². The van der Waals surface area contributed by atoms with Gasteiger partial charge in [0.25, 0.3) is 0 Å². The molecule has 11 heavy (non-hydrogen) atoms. The van der Waals surface area contributed by atoms with E-state index in [2.05, 4.69) is 24.5 Å². The summed E-state index contributed by atoms with van der Waals surface area (Å²) in [7, 11) is 0. The van der Waals surface area contributed by atoms with Crippen molar-refractivity contribution in [3.63, 3.8) is 0 Å².